The lowest BCUT2D eigenvalue weighted by Gasteiger charge is -2.22. The van der Waals surface area contributed by atoms with Crippen molar-refractivity contribution in [1.29, 1.82) is 0 Å². The first-order chi connectivity index (χ1) is 10.1. The van der Waals surface area contributed by atoms with Crippen LogP contribution in [0.5, 0.6) is 0 Å². The highest BCUT2D eigenvalue weighted by atomic mass is 35.5. The van der Waals surface area contributed by atoms with Crippen LogP contribution in [-0.4, -0.2) is 38.4 Å². The SMILES string of the molecule is CC(C(=O)N1CCCC1)n1c(CCl)nc2cc(Cl)cnc21. The molecule has 2 aromatic rings. The molecule has 0 spiro atoms. The highest BCUT2D eigenvalue weighted by Gasteiger charge is 2.27. The molecule has 3 rings (SSSR count). The Hall–Kier alpha value is -1.33. The van der Waals surface area contributed by atoms with Crippen molar-refractivity contribution >= 4 is 40.3 Å². The second kappa shape index (κ2) is 5.81. The molecular weight excluding hydrogens is 311 g/mol. The van der Waals surface area contributed by atoms with Gasteiger partial charge < -0.3 is 4.90 Å². The smallest absolute Gasteiger partial charge is 0.245 e. The van der Waals surface area contributed by atoms with Crippen LogP contribution in [0.3, 0.4) is 0 Å². The molecule has 0 saturated carbocycles. The zero-order valence-electron chi connectivity index (χ0n) is 11.7. The number of amides is 1. The van der Waals surface area contributed by atoms with E-state index >= 15 is 0 Å². The van der Waals surface area contributed by atoms with Crippen LogP contribution in [0.2, 0.25) is 5.02 Å². The molecule has 3 heterocycles. The Labute approximate surface area is 132 Å². The molecular formula is C14H16Cl2N4O. The molecule has 1 aliphatic heterocycles. The van der Waals surface area contributed by atoms with Crippen LogP contribution in [0.4, 0.5) is 0 Å². The number of rotatable bonds is 3. The molecule has 1 unspecified atom stereocenters. The third-order valence-electron chi connectivity index (χ3n) is 3.85. The third kappa shape index (κ3) is 2.60. The summed E-state index contributed by atoms with van der Waals surface area (Å²) in [6, 6.07) is 1.37. The average Bonchev–Trinajstić information content (AvgIpc) is 3.12. The maximum atomic E-state index is 12.6. The third-order valence-corrected chi connectivity index (χ3v) is 4.30. The van der Waals surface area contributed by atoms with Crippen molar-refractivity contribution in [2.75, 3.05) is 13.1 Å². The molecule has 0 bridgehead atoms. The lowest BCUT2D eigenvalue weighted by atomic mass is 10.2. The average molecular weight is 327 g/mol. The van der Waals surface area contributed by atoms with Gasteiger partial charge in [-0.1, -0.05) is 11.6 Å². The lowest BCUT2D eigenvalue weighted by molar-refractivity contribution is -0.133. The lowest BCUT2D eigenvalue weighted by Crippen LogP contribution is -2.34. The molecule has 0 N–H and O–H groups in total. The largest absolute Gasteiger partial charge is 0.341 e. The monoisotopic (exact) mass is 326 g/mol. The Bertz CT molecular complexity index is 679. The van der Waals surface area contributed by atoms with Gasteiger partial charge >= 0.3 is 0 Å². The molecule has 112 valence electrons. The molecule has 7 heteroatoms. The number of carbonyl (C=O) groups is 1. The van der Waals surface area contributed by atoms with Gasteiger partial charge in [-0.05, 0) is 25.8 Å². The Kier molecular flexibility index (Phi) is 4.04. The fraction of sp³-hybridized carbons (Fsp3) is 0.500. The molecule has 0 aromatic carbocycles. The van der Waals surface area contributed by atoms with Crippen molar-refractivity contribution in [3.05, 3.63) is 23.1 Å². The van der Waals surface area contributed by atoms with Crippen molar-refractivity contribution in [2.24, 2.45) is 0 Å². The number of likely N-dealkylation sites (tertiary alicyclic amines) is 1. The molecule has 1 fully saturated rings. The van der Waals surface area contributed by atoms with Crippen molar-refractivity contribution < 1.29 is 4.79 Å². The first-order valence-electron chi connectivity index (χ1n) is 6.99. The molecule has 0 aliphatic carbocycles. The van der Waals surface area contributed by atoms with E-state index in [0.717, 1.165) is 25.9 Å². The number of fused-ring (bicyclic) bond motifs is 1. The van der Waals surface area contributed by atoms with Gasteiger partial charge in [0.15, 0.2) is 5.65 Å². The molecule has 1 saturated heterocycles. The van der Waals surface area contributed by atoms with E-state index in [-0.39, 0.29) is 17.8 Å². The minimum absolute atomic E-state index is 0.0925. The summed E-state index contributed by atoms with van der Waals surface area (Å²) in [6.07, 6.45) is 3.70. The van der Waals surface area contributed by atoms with Crippen LogP contribution in [0, 0.1) is 0 Å². The quantitative estimate of drug-likeness (QED) is 0.815. The second-order valence-corrected chi connectivity index (χ2v) is 5.94. The zero-order valence-corrected chi connectivity index (χ0v) is 13.2. The van der Waals surface area contributed by atoms with Gasteiger partial charge in [0.1, 0.15) is 17.4 Å². The minimum Gasteiger partial charge on any atom is -0.341 e. The first kappa shape index (κ1) is 14.6. The van der Waals surface area contributed by atoms with E-state index in [4.69, 9.17) is 23.2 Å². The molecule has 1 atom stereocenters. The summed E-state index contributed by atoms with van der Waals surface area (Å²) in [5.74, 6) is 0.961. The van der Waals surface area contributed by atoms with Crippen LogP contribution in [-0.2, 0) is 10.7 Å². The summed E-state index contributed by atoms with van der Waals surface area (Å²) in [7, 11) is 0. The first-order valence-corrected chi connectivity index (χ1v) is 7.90. The standard InChI is InChI=1S/C14H16Cl2N4O/c1-9(14(21)19-4-2-3-5-19)20-12(7-15)18-11-6-10(16)8-17-13(11)20/h6,8-9H,2-5,7H2,1H3. The van der Waals surface area contributed by atoms with E-state index in [2.05, 4.69) is 9.97 Å². The van der Waals surface area contributed by atoms with E-state index in [0.29, 0.717) is 22.0 Å². The Morgan fingerprint density at radius 3 is 2.81 bits per heavy atom. The predicted molar refractivity (Wildman–Crippen MR) is 82.6 cm³/mol. The van der Waals surface area contributed by atoms with Crippen LogP contribution >= 0.6 is 23.2 Å². The number of aromatic nitrogens is 3. The van der Waals surface area contributed by atoms with E-state index < -0.39 is 0 Å². The van der Waals surface area contributed by atoms with Gasteiger partial charge in [0.2, 0.25) is 5.91 Å². The fourth-order valence-electron chi connectivity index (χ4n) is 2.82. The van der Waals surface area contributed by atoms with Gasteiger partial charge in [-0.2, -0.15) is 0 Å². The Morgan fingerprint density at radius 2 is 2.14 bits per heavy atom. The molecule has 1 amide bonds. The van der Waals surface area contributed by atoms with Gasteiger partial charge in [-0.15, -0.1) is 11.6 Å². The van der Waals surface area contributed by atoms with Gasteiger partial charge in [0.25, 0.3) is 0 Å². The maximum absolute atomic E-state index is 12.6. The number of alkyl halides is 1. The van der Waals surface area contributed by atoms with Crippen LogP contribution in [0.25, 0.3) is 11.2 Å². The summed E-state index contributed by atoms with van der Waals surface area (Å²) in [5.41, 5.74) is 1.31. The van der Waals surface area contributed by atoms with E-state index in [9.17, 15) is 4.79 Å². The van der Waals surface area contributed by atoms with Crippen LogP contribution < -0.4 is 0 Å². The second-order valence-electron chi connectivity index (χ2n) is 5.24. The number of halogens is 2. The van der Waals surface area contributed by atoms with Gasteiger partial charge in [-0.3, -0.25) is 9.36 Å². The minimum atomic E-state index is -0.365. The molecule has 5 nitrogen and oxygen atoms in total. The van der Waals surface area contributed by atoms with Crippen molar-refractivity contribution in [2.45, 2.75) is 31.7 Å². The highest BCUT2D eigenvalue weighted by Crippen LogP contribution is 2.25. The van der Waals surface area contributed by atoms with Crippen molar-refractivity contribution in [3.63, 3.8) is 0 Å². The number of hydrogen-bond donors (Lipinski definition) is 0. The molecule has 0 radical (unpaired) electrons. The Balaban J connectivity index is 2.03. The molecule has 1 aliphatic rings. The number of nitrogens with zero attached hydrogens (tertiary/aromatic N) is 4. The zero-order chi connectivity index (χ0) is 15.0. The number of carbonyl (C=O) groups excluding carboxylic acids is 1. The summed E-state index contributed by atoms with van der Waals surface area (Å²) < 4.78 is 1.82. The summed E-state index contributed by atoms with van der Waals surface area (Å²) in [5, 5.41) is 0.520. The summed E-state index contributed by atoms with van der Waals surface area (Å²) >= 11 is 11.9. The topological polar surface area (TPSA) is 51.0 Å². The predicted octanol–water partition coefficient (Wildman–Crippen LogP) is 3.01. The highest BCUT2D eigenvalue weighted by molar-refractivity contribution is 6.31. The van der Waals surface area contributed by atoms with Crippen LogP contribution in [0.15, 0.2) is 12.3 Å². The van der Waals surface area contributed by atoms with Gasteiger partial charge in [0, 0.05) is 19.3 Å². The number of hydrogen-bond acceptors (Lipinski definition) is 3. The van der Waals surface area contributed by atoms with Gasteiger partial charge in [0.05, 0.1) is 10.9 Å². The summed E-state index contributed by atoms with van der Waals surface area (Å²) in [6.45, 7) is 3.52. The van der Waals surface area contributed by atoms with Gasteiger partial charge in [-0.25, -0.2) is 9.97 Å². The molecule has 2 aromatic heterocycles. The van der Waals surface area contributed by atoms with E-state index in [1.165, 1.54) is 0 Å². The molecule has 21 heavy (non-hydrogen) atoms. The van der Waals surface area contributed by atoms with Crippen LogP contribution in [0.1, 0.15) is 31.6 Å². The van der Waals surface area contributed by atoms with E-state index in [1.807, 2.05) is 16.4 Å². The maximum Gasteiger partial charge on any atom is 0.245 e. The van der Waals surface area contributed by atoms with Crippen molar-refractivity contribution in [3.8, 4) is 0 Å². The number of pyridine rings is 1. The summed E-state index contributed by atoms with van der Waals surface area (Å²) in [4.78, 5) is 23.3. The van der Waals surface area contributed by atoms with Crippen molar-refractivity contribution in [1.82, 2.24) is 19.4 Å². The number of imidazole rings is 1. The fourth-order valence-corrected chi connectivity index (χ4v) is 3.16. The normalized spacial score (nSPS) is 16.6. The van der Waals surface area contributed by atoms with E-state index in [1.54, 1.807) is 12.3 Å². The Morgan fingerprint density at radius 1 is 1.43 bits per heavy atom.